The molecular formula is C7H16N2. The van der Waals surface area contributed by atoms with Crippen LogP contribution in [0.1, 0.15) is 26.7 Å². The van der Waals surface area contributed by atoms with Gasteiger partial charge in [-0.25, -0.2) is 5.43 Å². The van der Waals surface area contributed by atoms with Crippen LogP contribution in [0.5, 0.6) is 0 Å². The Morgan fingerprint density at radius 3 is 2.67 bits per heavy atom. The minimum absolute atomic E-state index is 1.15. The molecule has 2 nitrogen and oxygen atoms in total. The molecule has 0 rings (SSSR count). The zero-order valence-electron chi connectivity index (χ0n) is 6.49. The number of rotatable bonds is 4. The van der Waals surface area contributed by atoms with E-state index < -0.39 is 0 Å². The molecule has 2 heteroatoms. The van der Waals surface area contributed by atoms with E-state index in [1.54, 1.807) is 0 Å². The van der Waals surface area contributed by atoms with Gasteiger partial charge in [-0.15, -0.1) is 0 Å². The summed E-state index contributed by atoms with van der Waals surface area (Å²) in [4.78, 5) is 0. The van der Waals surface area contributed by atoms with Crippen molar-refractivity contribution in [1.29, 1.82) is 0 Å². The normalized spacial score (nSPS) is 11.7. The Morgan fingerprint density at radius 1 is 1.56 bits per heavy atom. The van der Waals surface area contributed by atoms with Gasteiger partial charge in [-0.1, -0.05) is 19.4 Å². The van der Waals surface area contributed by atoms with Gasteiger partial charge in [-0.2, -0.15) is 0 Å². The number of nitrogens with one attached hydrogen (secondary N) is 2. The van der Waals surface area contributed by atoms with E-state index in [-0.39, 0.29) is 0 Å². The van der Waals surface area contributed by atoms with Crippen molar-refractivity contribution in [3.05, 3.63) is 11.8 Å². The van der Waals surface area contributed by atoms with E-state index in [0.29, 0.717) is 0 Å². The first-order chi connectivity index (χ1) is 4.31. The minimum atomic E-state index is 1.15. The average Bonchev–Trinajstić information content (AvgIpc) is 1.85. The molecule has 0 radical (unpaired) electrons. The fraction of sp³-hybridized carbons (Fsp3) is 0.714. The first-order valence-electron chi connectivity index (χ1n) is 3.40. The SMILES string of the molecule is CCC/C=C(/C)NNC. The third kappa shape index (κ3) is 5.37. The third-order valence-corrected chi connectivity index (χ3v) is 1.06. The summed E-state index contributed by atoms with van der Waals surface area (Å²) in [6.45, 7) is 4.22. The largest absolute Gasteiger partial charge is 0.326 e. The molecule has 0 fully saturated rings. The lowest BCUT2D eigenvalue weighted by atomic mass is 10.3. The second kappa shape index (κ2) is 5.63. The van der Waals surface area contributed by atoms with Crippen molar-refractivity contribution in [2.75, 3.05) is 7.05 Å². The number of allylic oxidation sites excluding steroid dienone is 2. The number of hydrogen-bond acceptors (Lipinski definition) is 2. The maximum atomic E-state index is 2.99. The Morgan fingerprint density at radius 2 is 2.22 bits per heavy atom. The molecule has 0 aromatic rings. The molecule has 0 aliphatic heterocycles. The van der Waals surface area contributed by atoms with Crippen LogP contribution in [0.25, 0.3) is 0 Å². The Hall–Kier alpha value is -0.500. The second-order valence-electron chi connectivity index (χ2n) is 2.05. The summed E-state index contributed by atoms with van der Waals surface area (Å²) in [5.74, 6) is 0. The molecule has 9 heavy (non-hydrogen) atoms. The van der Waals surface area contributed by atoms with E-state index in [1.807, 2.05) is 14.0 Å². The van der Waals surface area contributed by atoms with Crippen molar-refractivity contribution >= 4 is 0 Å². The fourth-order valence-corrected chi connectivity index (χ4v) is 0.609. The number of hydrogen-bond donors (Lipinski definition) is 2. The predicted molar refractivity (Wildman–Crippen MR) is 40.9 cm³/mol. The minimum Gasteiger partial charge on any atom is -0.326 e. The monoisotopic (exact) mass is 128 g/mol. The Kier molecular flexibility index (Phi) is 5.32. The summed E-state index contributed by atoms with van der Waals surface area (Å²) < 4.78 is 0. The molecule has 0 unspecified atom stereocenters. The molecule has 0 aromatic carbocycles. The van der Waals surface area contributed by atoms with Crippen LogP contribution in [0.3, 0.4) is 0 Å². The zero-order chi connectivity index (χ0) is 7.11. The molecule has 0 amide bonds. The lowest BCUT2D eigenvalue weighted by Gasteiger charge is -2.01. The Labute approximate surface area is 57.3 Å². The second-order valence-corrected chi connectivity index (χ2v) is 2.05. The van der Waals surface area contributed by atoms with Gasteiger partial charge in [0.05, 0.1) is 0 Å². The van der Waals surface area contributed by atoms with Crippen LogP contribution in [0.2, 0.25) is 0 Å². The molecule has 2 N–H and O–H groups in total. The molecular weight excluding hydrogens is 112 g/mol. The highest BCUT2D eigenvalue weighted by atomic mass is 15.3. The Balaban J connectivity index is 3.30. The van der Waals surface area contributed by atoms with E-state index in [9.17, 15) is 0 Å². The van der Waals surface area contributed by atoms with E-state index in [1.165, 1.54) is 12.1 Å². The van der Waals surface area contributed by atoms with Crippen molar-refractivity contribution in [3.8, 4) is 0 Å². The van der Waals surface area contributed by atoms with Gasteiger partial charge in [0.25, 0.3) is 0 Å². The summed E-state index contributed by atoms with van der Waals surface area (Å²) in [6.07, 6.45) is 4.54. The van der Waals surface area contributed by atoms with Crippen molar-refractivity contribution < 1.29 is 0 Å². The first-order valence-corrected chi connectivity index (χ1v) is 3.40. The predicted octanol–water partition coefficient (Wildman–Crippen LogP) is 1.41. The Bertz CT molecular complexity index is 86.9. The standard InChI is InChI=1S/C7H16N2/c1-4-5-6-7(2)9-8-3/h6,8-9H,4-5H2,1-3H3/b7-6-. The van der Waals surface area contributed by atoms with E-state index in [4.69, 9.17) is 0 Å². The summed E-state index contributed by atoms with van der Waals surface area (Å²) >= 11 is 0. The summed E-state index contributed by atoms with van der Waals surface area (Å²) in [5, 5.41) is 0. The molecule has 0 aliphatic rings. The van der Waals surface area contributed by atoms with Gasteiger partial charge >= 0.3 is 0 Å². The van der Waals surface area contributed by atoms with Crippen molar-refractivity contribution in [2.45, 2.75) is 26.7 Å². The first kappa shape index (κ1) is 8.50. The topological polar surface area (TPSA) is 24.1 Å². The van der Waals surface area contributed by atoms with Gasteiger partial charge in [0.2, 0.25) is 0 Å². The van der Waals surface area contributed by atoms with Crippen molar-refractivity contribution in [2.24, 2.45) is 0 Å². The summed E-state index contributed by atoms with van der Waals surface area (Å²) in [7, 11) is 1.86. The molecule has 0 heterocycles. The zero-order valence-corrected chi connectivity index (χ0v) is 6.49. The maximum Gasteiger partial charge on any atom is 0.0190 e. The highest BCUT2D eigenvalue weighted by Gasteiger charge is 1.80. The molecule has 54 valence electrons. The molecule has 0 atom stereocenters. The van der Waals surface area contributed by atoms with Crippen LogP contribution < -0.4 is 10.9 Å². The van der Waals surface area contributed by atoms with Gasteiger partial charge in [-0.3, -0.25) is 0 Å². The van der Waals surface area contributed by atoms with Crippen LogP contribution >= 0.6 is 0 Å². The van der Waals surface area contributed by atoms with Crippen molar-refractivity contribution in [1.82, 2.24) is 10.9 Å². The van der Waals surface area contributed by atoms with Gasteiger partial charge in [0.15, 0.2) is 0 Å². The fourth-order valence-electron chi connectivity index (χ4n) is 0.609. The van der Waals surface area contributed by atoms with E-state index >= 15 is 0 Å². The van der Waals surface area contributed by atoms with Crippen LogP contribution in [0.15, 0.2) is 11.8 Å². The van der Waals surface area contributed by atoms with Gasteiger partial charge in [0.1, 0.15) is 0 Å². The third-order valence-electron chi connectivity index (χ3n) is 1.06. The highest BCUT2D eigenvalue weighted by Crippen LogP contribution is 1.92. The summed E-state index contributed by atoms with van der Waals surface area (Å²) in [5.41, 5.74) is 7.04. The highest BCUT2D eigenvalue weighted by molar-refractivity contribution is 4.92. The molecule has 0 aliphatic carbocycles. The van der Waals surface area contributed by atoms with E-state index in [0.717, 1.165) is 6.42 Å². The van der Waals surface area contributed by atoms with Crippen LogP contribution in [0, 0.1) is 0 Å². The lowest BCUT2D eigenvalue weighted by molar-refractivity contribution is 0.684. The van der Waals surface area contributed by atoms with E-state index in [2.05, 4.69) is 23.9 Å². The van der Waals surface area contributed by atoms with Gasteiger partial charge in [-0.05, 0) is 13.3 Å². The molecule has 0 saturated heterocycles. The van der Waals surface area contributed by atoms with Crippen LogP contribution in [-0.2, 0) is 0 Å². The molecule has 0 aromatic heterocycles. The van der Waals surface area contributed by atoms with Crippen LogP contribution in [0.4, 0.5) is 0 Å². The molecule has 0 bridgehead atoms. The van der Waals surface area contributed by atoms with Crippen LogP contribution in [-0.4, -0.2) is 7.05 Å². The maximum absolute atomic E-state index is 2.99. The molecule has 0 spiro atoms. The van der Waals surface area contributed by atoms with Crippen molar-refractivity contribution in [3.63, 3.8) is 0 Å². The number of unbranched alkanes of at least 4 members (excludes halogenated alkanes) is 1. The lowest BCUT2D eigenvalue weighted by Crippen LogP contribution is -2.25. The van der Waals surface area contributed by atoms with Gasteiger partial charge < -0.3 is 5.43 Å². The smallest absolute Gasteiger partial charge is 0.0190 e. The average molecular weight is 128 g/mol. The number of hydrazine groups is 1. The quantitative estimate of drug-likeness (QED) is 0.559. The molecule has 0 saturated carbocycles. The summed E-state index contributed by atoms with van der Waals surface area (Å²) in [6, 6.07) is 0. The van der Waals surface area contributed by atoms with Gasteiger partial charge in [0, 0.05) is 12.7 Å².